The molecule has 3 aromatic rings. The number of ether oxygens (including phenoxy) is 1. The first kappa shape index (κ1) is 21.2. The average molecular weight is 423 g/mol. The van der Waals surface area contributed by atoms with Crippen LogP contribution < -0.4 is 10.1 Å². The number of nitrogens with one attached hydrogen (secondary N) is 1. The third kappa shape index (κ3) is 5.34. The van der Waals surface area contributed by atoms with Crippen LogP contribution >= 0.6 is 0 Å². The van der Waals surface area contributed by atoms with Gasteiger partial charge in [0.15, 0.2) is 11.5 Å². The molecule has 1 N–H and O–H groups in total. The molecule has 0 aliphatic heterocycles. The maximum Gasteiger partial charge on any atom is 0.273 e. The summed E-state index contributed by atoms with van der Waals surface area (Å²) in [7, 11) is 0. The van der Waals surface area contributed by atoms with Gasteiger partial charge in [-0.1, -0.05) is 32.0 Å². The Hall–Kier alpha value is -3.09. The van der Waals surface area contributed by atoms with Crippen LogP contribution in [0.5, 0.6) is 5.75 Å². The molecule has 0 saturated carbocycles. The van der Waals surface area contributed by atoms with E-state index in [1.165, 1.54) is 24.0 Å². The first-order valence-electron chi connectivity index (χ1n) is 10.9. The summed E-state index contributed by atoms with van der Waals surface area (Å²) in [5, 5.41) is 7.03. The smallest absolute Gasteiger partial charge is 0.273 e. The molecular weight excluding hydrogens is 392 g/mol. The summed E-state index contributed by atoms with van der Waals surface area (Å²) in [5.41, 5.74) is 2.90. The molecule has 1 aliphatic rings. The molecule has 1 unspecified atom stereocenters. The number of hydrogen-bond donors (Lipinski definition) is 1. The van der Waals surface area contributed by atoms with Crippen LogP contribution in [0.2, 0.25) is 0 Å². The molecule has 0 spiro atoms. The van der Waals surface area contributed by atoms with Crippen LogP contribution in [0.25, 0.3) is 0 Å². The third-order valence-corrected chi connectivity index (χ3v) is 5.80. The molecule has 7 nitrogen and oxygen atoms in total. The third-order valence-electron chi connectivity index (χ3n) is 5.80. The lowest BCUT2D eigenvalue weighted by atomic mass is 9.86. The van der Waals surface area contributed by atoms with Crippen molar-refractivity contribution in [2.75, 3.05) is 0 Å². The van der Waals surface area contributed by atoms with Crippen LogP contribution in [0.1, 0.15) is 61.0 Å². The molecule has 0 saturated heterocycles. The van der Waals surface area contributed by atoms with Crippen molar-refractivity contribution in [2.45, 2.75) is 65.6 Å². The molecule has 1 atom stereocenters. The van der Waals surface area contributed by atoms with Gasteiger partial charge in [0.1, 0.15) is 12.4 Å². The monoisotopic (exact) mass is 422 g/mol. The second-order valence-corrected chi connectivity index (χ2v) is 9.26. The summed E-state index contributed by atoms with van der Waals surface area (Å²) in [6.45, 7) is 7.14. The van der Waals surface area contributed by atoms with Crippen LogP contribution in [0.15, 0.2) is 47.5 Å². The standard InChI is InChI=1S/C24H30N4O3/c1-24(2,3)22(14-28-11-10-25-16-28)26-23(29)21-13-20(31-27-21)15-30-19-9-8-17-6-4-5-7-18(17)12-19/h8-13,16,22H,4-7,14-15H2,1-3H3,(H,26,29). The van der Waals surface area contributed by atoms with E-state index >= 15 is 0 Å². The number of fused-ring (bicyclic) bond motifs is 1. The highest BCUT2D eigenvalue weighted by Gasteiger charge is 2.28. The Labute approximate surface area is 182 Å². The fourth-order valence-electron chi connectivity index (χ4n) is 3.82. The van der Waals surface area contributed by atoms with Crippen molar-refractivity contribution in [3.63, 3.8) is 0 Å². The van der Waals surface area contributed by atoms with E-state index in [-0.39, 0.29) is 29.7 Å². The minimum Gasteiger partial charge on any atom is -0.486 e. The Morgan fingerprint density at radius 1 is 1.23 bits per heavy atom. The Balaban J connectivity index is 1.36. The maximum atomic E-state index is 12.8. The number of hydrogen-bond acceptors (Lipinski definition) is 5. The molecule has 1 amide bonds. The minimum atomic E-state index is -0.260. The number of rotatable bonds is 7. The normalized spacial score (nSPS) is 14.7. The number of aromatic nitrogens is 3. The van der Waals surface area contributed by atoms with E-state index in [0.717, 1.165) is 18.6 Å². The Bertz CT molecular complexity index is 1020. The lowest BCUT2D eigenvalue weighted by Crippen LogP contribution is -2.46. The first-order chi connectivity index (χ1) is 14.9. The van der Waals surface area contributed by atoms with Crippen molar-refractivity contribution in [3.8, 4) is 5.75 Å². The molecule has 0 radical (unpaired) electrons. The number of imidazole rings is 1. The van der Waals surface area contributed by atoms with Crippen molar-refractivity contribution >= 4 is 5.91 Å². The molecule has 1 aliphatic carbocycles. The van der Waals surface area contributed by atoms with Crippen LogP contribution in [-0.2, 0) is 26.0 Å². The maximum absolute atomic E-state index is 12.8. The summed E-state index contributed by atoms with van der Waals surface area (Å²) in [4.78, 5) is 16.9. The Morgan fingerprint density at radius 3 is 2.77 bits per heavy atom. The van der Waals surface area contributed by atoms with Crippen molar-refractivity contribution in [1.82, 2.24) is 20.0 Å². The van der Waals surface area contributed by atoms with Crippen LogP contribution in [0.3, 0.4) is 0 Å². The van der Waals surface area contributed by atoms with Gasteiger partial charge in [0.2, 0.25) is 0 Å². The zero-order valence-corrected chi connectivity index (χ0v) is 18.4. The predicted molar refractivity (Wildman–Crippen MR) is 117 cm³/mol. The molecule has 164 valence electrons. The van der Waals surface area contributed by atoms with E-state index in [0.29, 0.717) is 12.3 Å². The zero-order valence-electron chi connectivity index (χ0n) is 18.4. The summed E-state index contributed by atoms with van der Waals surface area (Å²) >= 11 is 0. The zero-order chi connectivity index (χ0) is 21.8. The first-order valence-corrected chi connectivity index (χ1v) is 10.9. The lowest BCUT2D eigenvalue weighted by Gasteiger charge is -2.31. The molecule has 4 rings (SSSR count). The highest BCUT2D eigenvalue weighted by atomic mass is 16.5. The van der Waals surface area contributed by atoms with Crippen molar-refractivity contribution in [1.29, 1.82) is 0 Å². The lowest BCUT2D eigenvalue weighted by molar-refractivity contribution is 0.0883. The van der Waals surface area contributed by atoms with Crippen molar-refractivity contribution in [2.24, 2.45) is 5.41 Å². The second kappa shape index (κ2) is 8.96. The van der Waals surface area contributed by atoms with E-state index < -0.39 is 0 Å². The summed E-state index contributed by atoms with van der Waals surface area (Å²) < 4.78 is 13.2. The topological polar surface area (TPSA) is 82.2 Å². The number of aryl methyl sites for hydroxylation is 2. The minimum absolute atomic E-state index is 0.0962. The molecule has 7 heteroatoms. The molecule has 1 aromatic carbocycles. The number of carbonyl (C=O) groups excluding carboxylic acids is 1. The van der Waals surface area contributed by atoms with Crippen LogP contribution in [0, 0.1) is 5.41 Å². The van der Waals surface area contributed by atoms with E-state index in [1.54, 1.807) is 18.6 Å². The van der Waals surface area contributed by atoms with Gasteiger partial charge in [-0.2, -0.15) is 0 Å². The van der Waals surface area contributed by atoms with E-state index in [2.05, 4.69) is 48.4 Å². The fourth-order valence-corrected chi connectivity index (χ4v) is 3.82. The number of amides is 1. The Kier molecular flexibility index (Phi) is 6.11. The number of carbonyl (C=O) groups is 1. The SMILES string of the molecule is CC(C)(C)C(Cn1ccnc1)NC(=O)c1cc(COc2ccc3c(c2)CCCC3)on1. The van der Waals surface area contributed by atoms with Gasteiger partial charge in [0.25, 0.3) is 5.91 Å². The summed E-state index contributed by atoms with van der Waals surface area (Å²) in [5.74, 6) is 1.07. The van der Waals surface area contributed by atoms with Gasteiger partial charge in [0, 0.05) is 25.0 Å². The van der Waals surface area contributed by atoms with Crippen molar-refractivity contribution in [3.05, 3.63) is 65.6 Å². The van der Waals surface area contributed by atoms with Crippen LogP contribution in [0.4, 0.5) is 0 Å². The van der Waals surface area contributed by atoms with Crippen LogP contribution in [-0.4, -0.2) is 26.7 Å². The van der Waals surface area contributed by atoms with Gasteiger partial charge in [-0.3, -0.25) is 4.79 Å². The van der Waals surface area contributed by atoms with Gasteiger partial charge in [0.05, 0.1) is 12.4 Å². The quantitative estimate of drug-likeness (QED) is 0.618. The highest BCUT2D eigenvalue weighted by molar-refractivity contribution is 5.92. The van der Waals surface area contributed by atoms with Crippen molar-refractivity contribution < 1.29 is 14.1 Å². The predicted octanol–water partition coefficient (Wildman–Crippen LogP) is 4.17. The number of benzene rings is 1. The molecule has 0 fully saturated rings. The van der Waals surface area contributed by atoms with E-state index in [9.17, 15) is 4.79 Å². The molecule has 2 heterocycles. The second-order valence-electron chi connectivity index (χ2n) is 9.26. The Morgan fingerprint density at radius 2 is 2.03 bits per heavy atom. The van der Waals surface area contributed by atoms with E-state index in [1.807, 2.05) is 16.8 Å². The largest absolute Gasteiger partial charge is 0.486 e. The van der Waals surface area contributed by atoms with Gasteiger partial charge < -0.3 is 19.1 Å². The highest BCUT2D eigenvalue weighted by Crippen LogP contribution is 2.26. The van der Waals surface area contributed by atoms with Gasteiger partial charge in [-0.25, -0.2) is 4.98 Å². The molecular formula is C24H30N4O3. The van der Waals surface area contributed by atoms with Gasteiger partial charge in [-0.05, 0) is 54.4 Å². The fraction of sp³-hybridized carbons (Fsp3) is 0.458. The average Bonchev–Trinajstić information content (AvgIpc) is 3.43. The van der Waals surface area contributed by atoms with Gasteiger partial charge >= 0.3 is 0 Å². The number of nitrogens with zero attached hydrogens (tertiary/aromatic N) is 3. The molecule has 2 aromatic heterocycles. The summed E-state index contributed by atoms with van der Waals surface area (Å²) in [6.07, 6.45) is 10.1. The van der Waals surface area contributed by atoms with E-state index in [4.69, 9.17) is 9.26 Å². The summed E-state index contributed by atoms with van der Waals surface area (Å²) in [6, 6.07) is 7.81. The molecule has 31 heavy (non-hydrogen) atoms. The molecule has 0 bridgehead atoms. The van der Waals surface area contributed by atoms with Gasteiger partial charge in [-0.15, -0.1) is 0 Å².